The predicted octanol–water partition coefficient (Wildman–Crippen LogP) is 0.236. The van der Waals surface area contributed by atoms with Crippen molar-refractivity contribution in [2.24, 2.45) is 5.14 Å². The lowest BCUT2D eigenvalue weighted by Crippen LogP contribution is -2.30. The summed E-state index contributed by atoms with van der Waals surface area (Å²) in [5.41, 5.74) is 0.114. The van der Waals surface area contributed by atoms with Gasteiger partial charge in [0.1, 0.15) is 0 Å². The molecule has 0 aromatic heterocycles. The van der Waals surface area contributed by atoms with Crippen molar-refractivity contribution in [1.82, 2.24) is 10.0 Å². The number of rotatable bonds is 10. The van der Waals surface area contributed by atoms with Crippen LogP contribution in [-0.2, 0) is 31.4 Å². The van der Waals surface area contributed by atoms with Gasteiger partial charge in [0.2, 0.25) is 26.0 Å². The van der Waals surface area contributed by atoms with Crippen LogP contribution in [-0.4, -0.2) is 41.3 Å². The Bertz CT molecular complexity index is 1180. The number of hydrogen-bond donors (Lipinski definition) is 3. The minimum atomic E-state index is -4.08. The number of nitrogens with one attached hydrogen (secondary N) is 2. The van der Waals surface area contributed by atoms with Gasteiger partial charge in [0.25, 0.3) is 0 Å². The third-order valence-electron chi connectivity index (χ3n) is 4.04. The van der Waals surface area contributed by atoms with Gasteiger partial charge in [-0.15, -0.1) is 0 Å². The highest BCUT2D eigenvalue weighted by Crippen LogP contribution is 2.29. The van der Waals surface area contributed by atoms with Crippen molar-refractivity contribution in [3.63, 3.8) is 0 Å². The van der Waals surface area contributed by atoms with Gasteiger partial charge in [-0.3, -0.25) is 14.9 Å². The van der Waals surface area contributed by atoms with E-state index in [-0.39, 0.29) is 35.1 Å². The Morgan fingerprint density at radius 1 is 1.10 bits per heavy atom. The summed E-state index contributed by atoms with van der Waals surface area (Å²) < 4.78 is 54.1. The Hall–Kier alpha value is -3.07. The number of carbonyl (C=O) groups is 1. The molecule has 2 aromatic rings. The average molecular weight is 473 g/mol. The summed E-state index contributed by atoms with van der Waals surface area (Å²) in [6.45, 7) is -0.139. The summed E-state index contributed by atoms with van der Waals surface area (Å²) in [5, 5.41) is 18.6. The van der Waals surface area contributed by atoms with Gasteiger partial charge in [-0.05, 0) is 29.8 Å². The first kappa shape index (κ1) is 24.2. The fraction of sp³-hybridized carbons (Fsp3) is 0.235. The zero-order valence-corrected chi connectivity index (χ0v) is 17.9. The Labute approximate surface area is 178 Å². The number of ether oxygens (including phenoxy) is 1. The average Bonchev–Trinajstić information content (AvgIpc) is 2.71. The molecule has 1 amide bonds. The summed E-state index contributed by atoms with van der Waals surface area (Å²) in [4.78, 5) is 21.8. The number of primary sulfonamides is 1. The molecular formula is C17H20N4O8S2. The molecule has 2 aromatic carbocycles. The largest absolute Gasteiger partial charge is 0.490 e. The standard InChI is InChI=1S/C17H20N4O8S2/c1-29-16-7-6-14(10-15(16)21(23)24)31(27,28)20-9-8-17(22)19-11-12-2-4-13(5-3-12)30(18,25)26/h2-7,10,20H,8-9,11H2,1H3,(H,19,22)(H2,18,25,26). The minimum Gasteiger partial charge on any atom is -0.490 e. The number of nitro benzene ring substituents is 1. The first-order valence-electron chi connectivity index (χ1n) is 8.64. The molecule has 0 fully saturated rings. The zero-order valence-electron chi connectivity index (χ0n) is 16.3. The van der Waals surface area contributed by atoms with Crippen LogP contribution in [0.3, 0.4) is 0 Å². The number of amides is 1. The van der Waals surface area contributed by atoms with E-state index >= 15 is 0 Å². The highest BCUT2D eigenvalue weighted by atomic mass is 32.2. The van der Waals surface area contributed by atoms with Gasteiger partial charge in [-0.1, -0.05) is 12.1 Å². The fourth-order valence-corrected chi connectivity index (χ4v) is 4.01. The molecule has 0 radical (unpaired) electrons. The van der Waals surface area contributed by atoms with Crippen LogP contribution in [0.1, 0.15) is 12.0 Å². The molecule has 0 heterocycles. The quantitative estimate of drug-likeness (QED) is 0.324. The van der Waals surface area contributed by atoms with Gasteiger partial charge in [0.15, 0.2) is 5.75 Å². The molecule has 4 N–H and O–H groups in total. The normalized spacial score (nSPS) is 11.7. The molecule has 0 saturated carbocycles. The molecule has 0 aliphatic rings. The lowest BCUT2D eigenvalue weighted by Gasteiger charge is -2.09. The monoisotopic (exact) mass is 472 g/mol. The van der Waals surface area contributed by atoms with Crippen molar-refractivity contribution in [2.45, 2.75) is 22.8 Å². The van der Waals surface area contributed by atoms with E-state index in [9.17, 15) is 31.7 Å². The molecule has 14 heteroatoms. The maximum absolute atomic E-state index is 12.3. The SMILES string of the molecule is COc1ccc(S(=O)(=O)NCCC(=O)NCc2ccc(S(N)(=O)=O)cc2)cc1[N+](=O)[O-]. The molecule has 0 spiro atoms. The van der Waals surface area contributed by atoms with E-state index in [0.29, 0.717) is 5.56 Å². The summed E-state index contributed by atoms with van der Waals surface area (Å²) in [7, 11) is -6.67. The van der Waals surface area contributed by atoms with Gasteiger partial charge in [0, 0.05) is 25.6 Å². The van der Waals surface area contributed by atoms with Crippen LogP contribution in [0.2, 0.25) is 0 Å². The van der Waals surface area contributed by atoms with Crippen molar-refractivity contribution in [3.8, 4) is 5.75 Å². The number of nitro groups is 1. The summed E-state index contributed by atoms with van der Waals surface area (Å²) in [6.07, 6.45) is -0.188. The molecule has 31 heavy (non-hydrogen) atoms. The van der Waals surface area contributed by atoms with Crippen molar-refractivity contribution in [3.05, 3.63) is 58.1 Å². The smallest absolute Gasteiger partial charge is 0.312 e. The summed E-state index contributed by atoms with van der Waals surface area (Å²) in [6, 6.07) is 8.77. The molecule has 0 saturated heterocycles. The molecular weight excluding hydrogens is 452 g/mol. The highest BCUT2D eigenvalue weighted by Gasteiger charge is 2.22. The number of nitrogens with zero attached hydrogens (tertiary/aromatic N) is 1. The van der Waals surface area contributed by atoms with E-state index < -0.39 is 36.6 Å². The van der Waals surface area contributed by atoms with Crippen molar-refractivity contribution in [1.29, 1.82) is 0 Å². The summed E-state index contributed by atoms with van der Waals surface area (Å²) in [5.74, 6) is -0.542. The second kappa shape index (κ2) is 9.82. The molecule has 0 aliphatic heterocycles. The van der Waals surface area contributed by atoms with Gasteiger partial charge in [-0.2, -0.15) is 0 Å². The Morgan fingerprint density at radius 3 is 2.26 bits per heavy atom. The van der Waals surface area contributed by atoms with E-state index in [0.717, 1.165) is 12.1 Å². The fourth-order valence-electron chi connectivity index (χ4n) is 2.45. The molecule has 0 aliphatic carbocycles. The Balaban J connectivity index is 1.90. The Kier molecular flexibility index (Phi) is 7.67. The summed E-state index contributed by atoms with van der Waals surface area (Å²) >= 11 is 0. The molecule has 12 nitrogen and oxygen atoms in total. The zero-order chi connectivity index (χ0) is 23.2. The van der Waals surface area contributed by atoms with Gasteiger partial charge < -0.3 is 10.1 Å². The second-order valence-electron chi connectivity index (χ2n) is 6.20. The second-order valence-corrected chi connectivity index (χ2v) is 9.53. The van der Waals surface area contributed by atoms with Gasteiger partial charge in [-0.25, -0.2) is 26.7 Å². The lowest BCUT2D eigenvalue weighted by molar-refractivity contribution is -0.386. The number of hydrogen-bond acceptors (Lipinski definition) is 8. The predicted molar refractivity (Wildman–Crippen MR) is 109 cm³/mol. The molecule has 168 valence electrons. The third kappa shape index (κ3) is 6.71. The Morgan fingerprint density at radius 2 is 1.71 bits per heavy atom. The molecule has 0 bridgehead atoms. The number of nitrogens with two attached hydrogens (primary N) is 1. The third-order valence-corrected chi connectivity index (χ3v) is 6.43. The van der Waals surface area contributed by atoms with Gasteiger partial charge >= 0.3 is 5.69 Å². The number of methoxy groups -OCH3 is 1. The number of carbonyl (C=O) groups excluding carboxylic acids is 1. The topological polar surface area (TPSA) is 188 Å². The minimum absolute atomic E-state index is 0.0595. The first-order valence-corrected chi connectivity index (χ1v) is 11.7. The number of sulfonamides is 2. The molecule has 0 unspecified atom stereocenters. The first-order chi connectivity index (χ1) is 14.4. The lowest BCUT2D eigenvalue weighted by atomic mass is 10.2. The van der Waals surface area contributed by atoms with Crippen LogP contribution in [0.5, 0.6) is 5.75 Å². The maximum atomic E-state index is 12.3. The van der Waals surface area contributed by atoms with Crippen LogP contribution >= 0.6 is 0 Å². The van der Waals surface area contributed by atoms with Crippen molar-refractivity contribution < 1.29 is 31.3 Å². The number of benzene rings is 2. The van der Waals surface area contributed by atoms with Crippen LogP contribution in [0, 0.1) is 10.1 Å². The van der Waals surface area contributed by atoms with Crippen LogP contribution in [0.25, 0.3) is 0 Å². The molecule has 0 atom stereocenters. The van der Waals surface area contributed by atoms with Gasteiger partial charge in [0.05, 0.1) is 21.8 Å². The van der Waals surface area contributed by atoms with E-state index in [2.05, 4.69) is 10.0 Å². The van der Waals surface area contributed by atoms with E-state index in [1.54, 1.807) is 0 Å². The maximum Gasteiger partial charge on any atom is 0.312 e. The van der Waals surface area contributed by atoms with Crippen LogP contribution < -0.4 is 19.9 Å². The molecule has 2 rings (SSSR count). The van der Waals surface area contributed by atoms with Crippen LogP contribution in [0.15, 0.2) is 52.3 Å². The van der Waals surface area contributed by atoms with Crippen molar-refractivity contribution >= 4 is 31.6 Å². The highest BCUT2D eigenvalue weighted by molar-refractivity contribution is 7.89. The van der Waals surface area contributed by atoms with E-state index in [1.807, 2.05) is 0 Å². The van der Waals surface area contributed by atoms with Crippen molar-refractivity contribution in [2.75, 3.05) is 13.7 Å². The van der Waals surface area contributed by atoms with E-state index in [1.165, 1.54) is 37.4 Å². The van der Waals surface area contributed by atoms with Crippen LogP contribution in [0.4, 0.5) is 5.69 Å². The van der Waals surface area contributed by atoms with E-state index in [4.69, 9.17) is 9.88 Å².